The molecule has 0 aliphatic heterocycles. The Balaban J connectivity index is 2.44. The van der Waals surface area contributed by atoms with Crippen molar-refractivity contribution in [3.05, 3.63) is 42.1 Å². The highest BCUT2D eigenvalue weighted by atomic mass is 15.1. The minimum atomic E-state index is 0.741. The first kappa shape index (κ1) is 8.69. The summed E-state index contributed by atoms with van der Waals surface area (Å²) in [6, 6.07) is 11.5. The summed E-state index contributed by atoms with van der Waals surface area (Å²) in [5.41, 5.74) is 9.18. The van der Waals surface area contributed by atoms with Crippen molar-refractivity contribution in [2.45, 2.75) is 6.92 Å². The molecule has 14 heavy (non-hydrogen) atoms. The summed E-state index contributed by atoms with van der Waals surface area (Å²) in [4.78, 5) is 0. The van der Waals surface area contributed by atoms with Gasteiger partial charge in [-0.3, -0.25) is 0 Å². The number of aromatic nitrogens is 2. The lowest BCUT2D eigenvalue weighted by Crippen LogP contribution is -1.90. The van der Waals surface area contributed by atoms with E-state index in [1.54, 1.807) is 0 Å². The number of nitrogens with zero attached hydrogens (tertiary/aromatic N) is 2. The average molecular weight is 185 g/mol. The van der Waals surface area contributed by atoms with Crippen LogP contribution in [0.25, 0.3) is 11.3 Å². The first-order chi connectivity index (χ1) is 6.75. The Hall–Kier alpha value is -1.90. The molecule has 2 rings (SSSR count). The molecule has 70 valence electrons. The molecule has 3 heteroatoms. The molecule has 0 spiro atoms. The smallest absolute Gasteiger partial charge is 0.0930 e. The monoisotopic (exact) mass is 185 g/mol. The van der Waals surface area contributed by atoms with Crippen LogP contribution in [0.4, 0.5) is 5.69 Å². The molecule has 3 nitrogen and oxygen atoms in total. The highest BCUT2D eigenvalue weighted by Crippen LogP contribution is 2.18. The molecule has 0 saturated heterocycles. The normalized spacial score (nSPS) is 10.1. The van der Waals surface area contributed by atoms with Gasteiger partial charge < -0.3 is 5.73 Å². The quantitative estimate of drug-likeness (QED) is 0.691. The van der Waals surface area contributed by atoms with E-state index in [0.29, 0.717) is 0 Å². The maximum absolute atomic E-state index is 5.68. The molecule has 2 aromatic rings. The second-order valence-corrected chi connectivity index (χ2v) is 3.19. The zero-order valence-corrected chi connectivity index (χ0v) is 7.94. The average Bonchev–Trinajstić information content (AvgIpc) is 2.19. The second kappa shape index (κ2) is 3.46. The highest BCUT2D eigenvalue weighted by molar-refractivity contribution is 5.63. The number of benzene rings is 1. The van der Waals surface area contributed by atoms with E-state index in [0.717, 1.165) is 22.6 Å². The van der Waals surface area contributed by atoms with E-state index in [2.05, 4.69) is 10.2 Å². The van der Waals surface area contributed by atoms with Gasteiger partial charge in [0.05, 0.1) is 11.4 Å². The zero-order valence-electron chi connectivity index (χ0n) is 7.94. The Morgan fingerprint density at radius 3 is 2.57 bits per heavy atom. The van der Waals surface area contributed by atoms with Crippen LogP contribution in [0.2, 0.25) is 0 Å². The topological polar surface area (TPSA) is 51.8 Å². The van der Waals surface area contributed by atoms with E-state index < -0.39 is 0 Å². The summed E-state index contributed by atoms with van der Waals surface area (Å²) in [5, 5.41) is 8.08. The van der Waals surface area contributed by atoms with Crippen LogP contribution in [-0.2, 0) is 0 Å². The lowest BCUT2D eigenvalue weighted by molar-refractivity contribution is 0.987. The minimum Gasteiger partial charge on any atom is -0.399 e. The zero-order chi connectivity index (χ0) is 9.97. The van der Waals surface area contributed by atoms with Crippen LogP contribution in [0, 0.1) is 6.92 Å². The number of hydrogen-bond acceptors (Lipinski definition) is 3. The fourth-order valence-electron chi connectivity index (χ4n) is 1.25. The lowest BCUT2D eigenvalue weighted by Gasteiger charge is -2.00. The van der Waals surface area contributed by atoms with Gasteiger partial charge in [-0.05, 0) is 31.2 Å². The Morgan fingerprint density at radius 1 is 1.07 bits per heavy atom. The lowest BCUT2D eigenvalue weighted by atomic mass is 10.1. The van der Waals surface area contributed by atoms with Crippen LogP contribution in [0.1, 0.15) is 5.69 Å². The van der Waals surface area contributed by atoms with Gasteiger partial charge >= 0.3 is 0 Å². The summed E-state index contributed by atoms with van der Waals surface area (Å²) in [6.45, 7) is 1.91. The van der Waals surface area contributed by atoms with Crippen LogP contribution >= 0.6 is 0 Å². The summed E-state index contributed by atoms with van der Waals surface area (Å²) >= 11 is 0. The summed E-state index contributed by atoms with van der Waals surface area (Å²) in [6.07, 6.45) is 0. The molecule has 0 radical (unpaired) electrons. The molecular formula is C11H11N3. The van der Waals surface area contributed by atoms with Gasteiger partial charge in [0.15, 0.2) is 0 Å². The van der Waals surface area contributed by atoms with Crippen LogP contribution < -0.4 is 5.73 Å². The SMILES string of the molecule is Cc1ccc(-c2cccc(N)c2)nn1. The van der Waals surface area contributed by atoms with E-state index in [1.807, 2.05) is 43.3 Å². The van der Waals surface area contributed by atoms with Crippen molar-refractivity contribution in [3.63, 3.8) is 0 Å². The van der Waals surface area contributed by atoms with Gasteiger partial charge in [0.25, 0.3) is 0 Å². The Labute approximate surface area is 82.6 Å². The predicted molar refractivity (Wildman–Crippen MR) is 56.6 cm³/mol. The molecule has 1 heterocycles. The molecular weight excluding hydrogens is 174 g/mol. The minimum absolute atomic E-state index is 0.741. The van der Waals surface area contributed by atoms with Crippen LogP contribution in [-0.4, -0.2) is 10.2 Å². The summed E-state index contributed by atoms with van der Waals surface area (Å²) in [7, 11) is 0. The van der Waals surface area contributed by atoms with Crippen molar-refractivity contribution in [1.82, 2.24) is 10.2 Å². The molecule has 0 saturated carbocycles. The van der Waals surface area contributed by atoms with Crippen LogP contribution in [0.15, 0.2) is 36.4 Å². The third-order valence-electron chi connectivity index (χ3n) is 1.98. The van der Waals surface area contributed by atoms with E-state index in [-0.39, 0.29) is 0 Å². The molecule has 0 unspecified atom stereocenters. The Kier molecular flexibility index (Phi) is 2.14. The molecule has 0 aliphatic rings. The molecule has 0 amide bonds. The van der Waals surface area contributed by atoms with Crippen molar-refractivity contribution in [3.8, 4) is 11.3 Å². The fourth-order valence-corrected chi connectivity index (χ4v) is 1.25. The molecule has 0 atom stereocenters. The Morgan fingerprint density at radius 2 is 1.93 bits per heavy atom. The molecule has 1 aromatic heterocycles. The van der Waals surface area contributed by atoms with E-state index in [9.17, 15) is 0 Å². The summed E-state index contributed by atoms with van der Waals surface area (Å²) < 4.78 is 0. The number of anilines is 1. The van der Waals surface area contributed by atoms with Crippen molar-refractivity contribution in [2.24, 2.45) is 0 Å². The first-order valence-corrected chi connectivity index (χ1v) is 4.42. The molecule has 0 aliphatic carbocycles. The number of nitrogen functional groups attached to an aromatic ring is 1. The molecule has 0 bridgehead atoms. The van der Waals surface area contributed by atoms with Crippen molar-refractivity contribution < 1.29 is 0 Å². The third-order valence-corrected chi connectivity index (χ3v) is 1.98. The van der Waals surface area contributed by atoms with Gasteiger partial charge in [0.2, 0.25) is 0 Å². The third kappa shape index (κ3) is 1.71. The molecule has 2 N–H and O–H groups in total. The van der Waals surface area contributed by atoms with Crippen molar-refractivity contribution >= 4 is 5.69 Å². The number of hydrogen-bond donors (Lipinski definition) is 1. The standard InChI is InChI=1S/C11H11N3/c1-8-5-6-11(14-13-8)9-3-2-4-10(12)7-9/h2-7H,12H2,1H3. The van der Waals surface area contributed by atoms with Gasteiger partial charge in [-0.25, -0.2) is 0 Å². The second-order valence-electron chi connectivity index (χ2n) is 3.19. The van der Waals surface area contributed by atoms with Gasteiger partial charge in [-0.2, -0.15) is 10.2 Å². The van der Waals surface area contributed by atoms with E-state index in [4.69, 9.17) is 5.73 Å². The fraction of sp³-hybridized carbons (Fsp3) is 0.0909. The Bertz CT molecular complexity index is 435. The molecule has 0 fully saturated rings. The van der Waals surface area contributed by atoms with Gasteiger partial charge in [0, 0.05) is 11.3 Å². The molecule has 1 aromatic carbocycles. The van der Waals surface area contributed by atoms with Crippen LogP contribution in [0.5, 0.6) is 0 Å². The van der Waals surface area contributed by atoms with Crippen molar-refractivity contribution in [1.29, 1.82) is 0 Å². The number of aryl methyl sites for hydroxylation is 1. The maximum Gasteiger partial charge on any atom is 0.0930 e. The predicted octanol–water partition coefficient (Wildman–Crippen LogP) is 2.03. The summed E-state index contributed by atoms with van der Waals surface area (Å²) in [5.74, 6) is 0. The van der Waals surface area contributed by atoms with Gasteiger partial charge in [-0.15, -0.1) is 0 Å². The van der Waals surface area contributed by atoms with Crippen molar-refractivity contribution in [2.75, 3.05) is 5.73 Å². The van der Waals surface area contributed by atoms with Gasteiger partial charge in [0.1, 0.15) is 0 Å². The number of nitrogens with two attached hydrogens (primary N) is 1. The first-order valence-electron chi connectivity index (χ1n) is 4.42. The maximum atomic E-state index is 5.68. The van der Waals surface area contributed by atoms with E-state index >= 15 is 0 Å². The largest absolute Gasteiger partial charge is 0.399 e. The van der Waals surface area contributed by atoms with Gasteiger partial charge in [-0.1, -0.05) is 12.1 Å². The van der Waals surface area contributed by atoms with E-state index in [1.165, 1.54) is 0 Å². The van der Waals surface area contributed by atoms with Crippen LogP contribution in [0.3, 0.4) is 0 Å². The number of rotatable bonds is 1. The highest BCUT2D eigenvalue weighted by Gasteiger charge is 1.99.